The molecule has 1 unspecified atom stereocenters. The van der Waals surface area contributed by atoms with E-state index >= 15 is 0 Å². The van der Waals surface area contributed by atoms with Crippen LogP contribution in [0.5, 0.6) is 0 Å². The van der Waals surface area contributed by atoms with Gasteiger partial charge in [-0.15, -0.1) is 11.6 Å². The van der Waals surface area contributed by atoms with Crippen molar-refractivity contribution in [2.45, 2.75) is 31.6 Å². The second-order valence-corrected chi connectivity index (χ2v) is 4.82. The van der Waals surface area contributed by atoms with Gasteiger partial charge in [-0.25, -0.2) is 4.39 Å². The second kappa shape index (κ2) is 5.50. The fourth-order valence-corrected chi connectivity index (χ4v) is 2.44. The zero-order valence-electron chi connectivity index (χ0n) is 9.92. The summed E-state index contributed by atoms with van der Waals surface area (Å²) in [6.45, 7) is 2.15. The predicted octanol–water partition coefficient (Wildman–Crippen LogP) is 5.45. The van der Waals surface area contributed by atoms with Crippen LogP contribution in [0, 0.1) is 5.82 Å². The lowest BCUT2D eigenvalue weighted by Crippen LogP contribution is -1.93. The van der Waals surface area contributed by atoms with Crippen molar-refractivity contribution in [1.29, 1.82) is 0 Å². The molecule has 0 N–H and O–H groups in total. The first-order chi connectivity index (χ1) is 8.24. The normalized spacial score (nSPS) is 12.9. The topological polar surface area (TPSA) is 0 Å². The maximum atomic E-state index is 13.6. The van der Waals surface area contributed by atoms with Crippen LogP contribution in [-0.4, -0.2) is 0 Å². The van der Waals surface area contributed by atoms with Gasteiger partial charge in [0.15, 0.2) is 0 Å². The van der Waals surface area contributed by atoms with Crippen LogP contribution in [0.4, 0.5) is 4.39 Å². The minimum absolute atomic E-state index is 0.0274. The highest BCUT2D eigenvalue weighted by atomic mass is 35.5. The van der Waals surface area contributed by atoms with E-state index in [1.54, 1.807) is 6.07 Å². The first-order valence-electron chi connectivity index (χ1n) is 6.05. The number of hydrogen-bond donors (Lipinski definition) is 0. The van der Waals surface area contributed by atoms with Crippen LogP contribution in [0.25, 0.3) is 10.8 Å². The van der Waals surface area contributed by atoms with Crippen molar-refractivity contribution < 1.29 is 4.39 Å². The summed E-state index contributed by atoms with van der Waals surface area (Å²) < 4.78 is 13.6. The molecule has 0 spiro atoms. The van der Waals surface area contributed by atoms with E-state index in [9.17, 15) is 4.39 Å². The number of halogens is 2. The molecule has 0 aliphatic carbocycles. The van der Waals surface area contributed by atoms with Gasteiger partial charge in [-0.05, 0) is 23.4 Å². The van der Waals surface area contributed by atoms with Gasteiger partial charge in [0.05, 0.1) is 5.38 Å². The molecule has 0 saturated carbocycles. The van der Waals surface area contributed by atoms with Gasteiger partial charge < -0.3 is 0 Å². The summed E-state index contributed by atoms with van der Waals surface area (Å²) >= 11 is 6.39. The van der Waals surface area contributed by atoms with Gasteiger partial charge in [-0.2, -0.15) is 0 Å². The Morgan fingerprint density at radius 2 is 1.82 bits per heavy atom. The van der Waals surface area contributed by atoms with Gasteiger partial charge in [0.1, 0.15) is 5.82 Å². The monoisotopic (exact) mass is 250 g/mol. The van der Waals surface area contributed by atoms with Crippen molar-refractivity contribution in [3.05, 3.63) is 47.8 Å². The number of hydrogen-bond acceptors (Lipinski definition) is 0. The Kier molecular flexibility index (Phi) is 4.01. The Morgan fingerprint density at radius 3 is 2.53 bits per heavy atom. The quantitative estimate of drug-likeness (QED) is 0.633. The van der Waals surface area contributed by atoms with Crippen molar-refractivity contribution in [2.75, 3.05) is 0 Å². The van der Waals surface area contributed by atoms with Gasteiger partial charge in [0.25, 0.3) is 0 Å². The van der Waals surface area contributed by atoms with Crippen molar-refractivity contribution in [1.82, 2.24) is 0 Å². The molecular weight excluding hydrogens is 235 g/mol. The first-order valence-corrected chi connectivity index (χ1v) is 6.49. The predicted molar refractivity (Wildman–Crippen MR) is 72.0 cm³/mol. The Hall–Kier alpha value is -1.08. The van der Waals surface area contributed by atoms with E-state index < -0.39 is 0 Å². The third-order valence-electron chi connectivity index (χ3n) is 3.05. The molecule has 0 fully saturated rings. The van der Waals surface area contributed by atoms with Crippen molar-refractivity contribution in [3.8, 4) is 0 Å². The molecular formula is C15H16ClF. The third kappa shape index (κ3) is 2.61. The number of fused-ring (bicyclic) bond motifs is 1. The van der Waals surface area contributed by atoms with Crippen LogP contribution in [0.3, 0.4) is 0 Å². The molecule has 0 nitrogen and oxygen atoms in total. The van der Waals surface area contributed by atoms with Crippen LogP contribution in [0.15, 0.2) is 36.4 Å². The molecule has 90 valence electrons. The fraction of sp³-hybridized carbons (Fsp3) is 0.333. The maximum Gasteiger partial charge on any atom is 0.131 e. The molecule has 2 aromatic carbocycles. The van der Waals surface area contributed by atoms with Gasteiger partial charge >= 0.3 is 0 Å². The summed E-state index contributed by atoms with van der Waals surface area (Å²) in [7, 11) is 0. The summed E-state index contributed by atoms with van der Waals surface area (Å²) in [4.78, 5) is 0. The van der Waals surface area contributed by atoms with E-state index in [2.05, 4.69) is 6.92 Å². The zero-order chi connectivity index (χ0) is 12.3. The smallest absolute Gasteiger partial charge is 0.131 e. The van der Waals surface area contributed by atoms with Crippen LogP contribution in [0.1, 0.15) is 37.1 Å². The molecule has 0 aliphatic heterocycles. The van der Waals surface area contributed by atoms with Crippen LogP contribution in [-0.2, 0) is 0 Å². The Balaban J connectivity index is 2.44. The molecule has 0 radical (unpaired) electrons. The molecule has 0 saturated heterocycles. The Labute approximate surface area is 106 Å². The minimum atomic E-state index is -0.177. The van der Waals surface area contributed by atoms with E-state index in [1.807, 2.05) is 24.3 Å². The molecule has 0 heterocycles. The van der Waals surface area contributed by atoms with E-state index in [1.165, 1.54) is 6.07 Å². The molecule has 1 atom stereocenters. The van der Waals surface area contributed by atoms with E-state index in [4.69, 9.17) is 11.6 Å². The number of alkyl halides is 1. The molecule has 2 aromatic rings. The SMILES string of the molecule is CCCCC(Cl)c1ccc(F)c2ccccc12. The zero-order valence-corrected chi connectivity index (χ0v) is 10.7. The number of rotatable bonds is 4. The summed E-state index contributed by atoms with van der Waals surface area (Å²) in [5.41, 5.74) is 1.04. The highest BCUT2D eigenvalue weighted by molar-refractivity contribution is 6.21. The third-order valence-corrected chi connectivity index (χ3v) is 3.51. The summed E-state index contributed by atoms with van der Waals surface area (Å²) in [6.07, 6.45) is 3.16. The molecule has 2 rings (SSSR count). The summed E-state index contributed by atoms with van der Waals surface area (Å²) in [5, 5.41) is 1.57. The van der Waals surface area contributed by atoms with E-state index in [-0.39, 0.29) is 11.2 Å². The van der Waals surface area contributed by atoms with Crippen molar-refractivity contribution in [3.63, 3.8) is 0 Å². The number of benzene rings is 2. The summed E-state index contributed by atoms with van der Waals surface area (Å²) in [5.74, 6) is -0.177. The van der Waals surface area contributed by atoms with E-state index in [0.29, 0.717) is 5.39 Å². The molecule has 0 amide bonds. The standard InChI is InChI=1S/C15H16ClF/c1-2-3-8-14(16)12-9-10-15(17)13-7-5-4-6-11(12)13/h4-7,9-10,14H,2-3,8H2,1H3. The number of unbranched alkanes of at least 4 members (excludes halogenated alkanes) is 1. The largest absolute Gasteiger partial charge is 0.206 e. The highest BCUT2D eigenvalue weighted by Gasteiger charge is 2.12. The Morgan fingerprint density at radius 1 is 1.12 bits per heavy atom. The lowest BCUT2D eigenvalue weighted by Gasteiger charge is -2.12. The van der Waals surface area contributed by atoms with Crippen molar-refractivity contribution >= 4 is 22.4 Å². The lowest BCUT2D eigenvalue weighted by atomic mass is 9.99. The average Bonchev–Trinajstić information content (AvgIpc) is 2.37. The highest BCUT2D eigenvalue weighted by Crippen LogP contribution is 2.33. The van der Waals surface area contributed by atoms with Crippen LogP contribution in [0.2, 0.25) is 0 Å². The van der Waals surface area contributed by atoms with Crippen LogP contribution >= 0.6 is 11.6 Å². The minimum Gasteiger partial charge on any atom is -0.206 e. The second-order valence-electron chi connectivity index (χ2n) is 4.29. The average molecular weight is 251 g/mol. The van der Waals surface area contributed by atoms with E-state index in [0.717, 1.165) is 30.2 Å². The van der Waals surface area contributed by atoms with Gasteiger partial charge in [-0.3, -0.25) is 0 Å². The van der Waals surface area contributed by atoms with Gasteiger partial charge in [0, 0.05) is 5.39 Å². The molecule has 0 aliphatic rings. The Bertz CT molecular complexity index is 507. The van der Waals surface area contributed by atoms with Crippen LogP contribution < -0.4 is 0 Å². The molecule has 17 heavy (non-hydrogen) atoms. The van der Waals surface area contributed by atoms with Crippen molar-refractivity contribution in [2.24, 2.45) is 0 Å². The van der Waals surface area contributed by atoms with Gasteiger partial charge in [-0.1, -0.05) is 50.1 Å². The molecule has 0 aromatic heterocycles. The summed E-state index contributed by atoms with van der Waals surface area (Å²) in [6, 6.07) is 10.8. The van der Waals surface area contributed by atoms with Gasteiger partial charge in [0.2, 0.25) is 0 Å². The molecule has 2 heteroatoms. The lowest BCUT2D eigenvalue weighted by molar-refractivity contribution is 0.638. The fourth-order valence-electron chi connectivity index (χ4n) is 2.10. The maximum absolute atomic E-state index is 13.6. The molecule has 0 bridgehead atoms. The first kappa shape index (κ1) is 12.4.